The molecule has 4 aromatic carbocycles. The first-order valence-electron chi connectivity index (χ1n) is 13.3. The van der Waals surface area contributed by atoms with E-state index in [1.54, 1.807) is 0 Å². The van der Waals surface area contributed by atoms with Gasteiger partial charge in [0.05, 0.1) is 22.1 Å². The summed E-state index contributed by atoms with van der Waals surface area (Å²) in [6.45, 7) is 9.04. The standard InChI is InChI=1S/C32H36N2/c1-5-11-21-15-9-17-23-25(13-7-3)31-29(19-27(21)23)33-32-26(14-8-4)24-18-10-16-22(12-6-2)28(24)20-30(32)34-31/h9-10,15-20H,5-8,11-14H2,1-4H3. The Morgan fingerprint density at radius 3 is 1.29 bits per heavy atom. The summed E-state index contributed by atoms with van der Waals surface area (Å²) >= 11 is 0. The van der Waals surface area contributed by atoms with Gasteiger partial charge in [0.15, 0.2) is 0 Å². The smallest absolute Gasteiger partial charge is 0.0932 e. The second-order valence-corrected chi connectivity index (χ2v) is 9.69. The molecule has 5 rings (SSSR count). The average Bonchev–Trinajstić information content (AvgIpc) is 2.84. The van der Waals surface area contributed by atoms with Crippen molar-refractivity contribution >= 4 is 43.6 Å². The van der Waals surface area contributed by atoms with Gasteiger partial charge in [-0.2, -0.15) is 0 Å². The molecule has 0 N–H and O–H groups in total. The van der Waals surface area contributed by atoms with E-state index in [4.69, 9.17) is 9.97 Å². The molecule has 0 unspecified atom stereocenters. The van der Waals surface area contributed by atoms with E-state index in [-0.39, 0.29) is 0 Å². The van der Waals surface area contributed by atoms with Crippen LogP contribution in [0, 0.1) is 0 Å². The molecular formula is C32H36N2. The number of hydrogen-bond donors (Lipinski definition) is 0. The summed E-state index contributed by atoms with van der Waals surface area (Å²) in [5.74, 6) is 0. The van der Waals surface area contributed by atoms with Crippen LogP contribution in [0.1, 0.15) is 75.6 Å². The predicted octanol–water partition coefficient (Wildman–Crippen LogP) is 8.90. The highest BCUT2D eigenvalue weighted by atomic mass is 14.8. The van der Waals surface area contributed by atoms with Gasteiger partial charge in [-0.1, -0.05) is 89.8 Å². The van der Waals surface area contributed by atoms with Crippen LogP contribution in [0.4, 0.5) is 0 Å². The van der Waals surface area contributed by atoms with Crippen LogP contribution in [0.25, 0.3) is 43.6 Å². The quantitative estimate of drug-likeness (QED) is 0.221. The highest BCUT2D eigenvalue weighted by Gasteiger charge is 2.17. The van der Waals surface area contributed by atoms with E-state index in [1.165, 1.54) is 43.8 Å². The van der Waals surface area contributed by atoms with Gasteiger partial charge >= 0.3 is 0 Å². The van der Waals surface area contributed by atoms with Crippen LogP contribution < -0.4 is 0 Å². The molecule has 0 bridgehead atoms. The monoisotopic (exact) mass is 448 g/mol. The second kappa shape index (κ2) is 9.70. The third-order valence-corrected chi connectivity index (χ3v) is 7.17. The lowest BCUT2D eigenvalue weighted by molar-refractivity contribution is 0.923. The van der Waals surface area contributed by atoms with Gasteiger partial charge in [0.2, 0.25) is 0 Å². The predicted molar refractivity (Wildman–Crippen MR) is 148 cm³/mol. The molecule has 0 fully saturated rings. The van der Waals surface area contributed by atoms with E-state index in [1.807, 2.05) is 0 Å². The molecule has 0 spiro atoms. The topological polar surface area (TPSA) is 25.8 Å². The lowest BCUT2D eigenvalue weighted by Gasteiger charge is -2.16. The summed E-state index contributed by atoms with van der Waals surface area (Å²) in [5, 5.41) is 5.43. The van der Waals surface area contributed by atoms with Crippen molar-refractivity contribution in [1.29, 1.82) is 0 Å². The van der Waals surface area contributed by atoms with E-state index in [9.17, 15) is 0 Å². The van der Waals surface area contributed by atoms with E-state index in [2.05, 4.69) is 76.2 Å². The Morgan fingerprint density at radius 1 is 0.500 bits per heavy atom. The molecule has 0 atom stereocenters. The molecule has 0 aliphatic carbocycles. The van der Waals surface area contributed by atoms with Gasteiger partial charge in [-0.25, -0.2) is 9.97 Å². The van der Waals surface area contributed by atoms with Crippen molar-refractivity contribution in [1.82, 2.24) is 9.97 Å². The Labute approximate surface area is 203 Å². The zero-order valence-electron chi connectivity index (χ0n) is 21.2. The summed E-state index contributed by atoms with van der Waals surface area (Å²) in [4.78, 5) is 10.7. The third-order valence-electron chi connectivity index (χ3n) is 7.17. The second-order valence-electron chi connectivity index (χ2n) is 9.69. The molecule has 0 aliphatic heterocycles. The number of rotatable bonds is 8. The third kappa shape index (κ3) is 3.83. The molecule has 2 nitrogen and oxygen atoms in total. The fraction of sp³-hybridized carbons (Fsp3) is 0.375. The van der Waals surface area contributed by atoms with Gasteiger partial charge in [0.1, 0.15) is 0 Å². The minimum Gasteiger partial charge on any atom is -0.244 e. The Bertz CT molecular complexity index is 1380. The first kappa shape index (κ1) is 22.8. The lowest BCUT2D eigenvalue weighted by Crippen LogP contribution is -2.00. The normalized spacial score (nSPS) is 11.9. The Morgan fingerprint density at radius 2 is 0.912 bits per heavy atom. The molecule has 0 radical (unpaired) electrons. The van der Waals surface area contributed by atoms with Crippen LogP contribution in [0.2, 0.25) is 0 Å². The fourth-order valence-corrected chi connectivity index (χ4v) is 5.71. The molecule has 0 saturated heterocycles. The van der Waals surface area contributed by atoms with Gasteiger partial charge in [-0.15, -0.1) is 0 Å². The number of fused-ring (bicyclic) bond motifs is 4. The van der Waals surface area contributed by atoms with Crippen LogP contribution in [0.5, 0.6) is 0 Å². The van der Waals surface area contributed by atoms with Gasteiger partial charge in [-0.05, 0) is 81.6 Å². The number of nitrogens with zero attached hydrogens (tertiary/aromatic N) is 2. The van der Waals surface area contributed by atoms with Crippen LogP contribution in [-0.4, -0.2) is 9.97 Å². The Balaban J connectivity index is 1.92. The lowest BCUT2D eigenvalue weighted by atomic mass is 9.92. The first-order chi connectivity index (χ1) is 16.7. The summed E-state index contributed by atoms with van der Waals surface area (Å²) < 4.78 is 0. The van der Waals surface area contributed by atoms with Gasteiger partial charge in [0, 0.05) is 0 Å². The molecule has 1 heterocycles. The molecular weight excluding hydrogens is 412 g/mol. The van der Waals surface area contributed by atoms with Crippen molar-refractivity contribution in [2.24, 2.45) is 0 Å². The fourth-order valence-electron chi connectivity index (χ4n) is 5.71. The van der Waals surface area contributed by atoms with Crippen LogP contribution in [0.3, 0.4) is 0 Å². The maximum absolute atomic E-state index is 5.35. The average molecular weight is 449 g/mol. The minimum absolute atomic E-state index is 1.03. The van der Waals surface area contributed by atoms with Crippen molar-refractivity contribution in [2.45, 2.75) is 79.1 Å². The maximum Gasteiger partial charge on any atom is 0.0932 e. The van der Waals surface area contributed by atoms with Crippen LogP contribution in [-0.2, 0) is 25.7 Å². The number of aromatic nitrogens is 2. The molecule has 0 saturated carbocycles. The van der Waals surface area contributed by atoms with Crippen molar-refractivity contribution in [3.63, 3.8) is 0 Å². The SMILES string of the molecule is CCCc1cccc2c(CCC)c3nc4cc5c(CCC)cccc5c(CCC)c4nc3cc12. The number of hydrogen-bond acceptors (Lipinski definition) is 2. The highest BCUT2D eigenvalue weighted by Crippen LogP contribution is 2.35. The van der Waals surface area contributed by atoms with Crippen molar-refractivity contribution in [2.75, 3.05) is 0 Å². The molecule has 1 aromatic heterocycles. The molecule has 0 amide bonds. The maximum atomic E-state index is 5.35. The van der Waals surface area contributed by atoms with E-state index in [0.717, 1.165) is 73.4 Å². The molecule has 2 heteroatoms. The van der Waals surface area contributed by atoms with Gasteiger partial charge in [-0.3, -0.25) is 0 Å². The number of benzene rings is 4. The van der Waals surface area contributed by atoms with Crippen molar-refractivity contribution < 1.29 is 0 Å². The van der Waals surface area contributed by atoms with Crippen molar-refractivity contribution in [3.05, 3.63) is 70.8 Å². The zero-order valence-corrected chi connectivity index (χ0v) is 21.2. The van der Waals surface area contributed by atoms with Crippen LogP contribution in [0.15, 0.2) is 48.5 Å². The summed E-state index contributed by atoms with van der Waals surface area (Å²) in [6, 6.07) is 18.2. The van der Waals surface area contributed by atoms with E-state index in [0.29, 0.717) is 0 Å². The molecule has 174 valence electrons. The van der Waals surface area contributed by atoms with Crippen molar-refractivity contribution in [3.8, 4) is 0 Å². The Kier molecular flexibility index (Phi) is 6.50. The minimum atomic E-state index is 1.03. The Hall–Kier alpha value is -3.00. The highest BCUT2D eigenvalue weighted by molar-refractivity contribution is 6.06. The number of aryl methyl sites for hydroxylation is 4. The molecule has 34 heavy (non-hydrogen) atoms. The summed E-state index contributed by atoms with van der Waals surface area (Å²) in [5.41, 5.74) is 9.86. The summed E-state index contributed by atoms with van der Waals surface area (Å²) in [7, 11) is 0. The summed E-state index contributed by atoms with van der Waals surface area (Å²) in [6.07, 6.45) is 8.76. The molecule has 0 aliphatic rings. The van der Waals surface area contributed by atoms with E-state index < -0.39 is 0 Å². The zero-order chi connectivity index (χ0) is 23.7. The van der Waals surface area contributed by atoms with Crippen LogP contribution >= 0.6 is 0 Å². The first-order valence-corrected chi connectivity index (χ1v) is 13.3. The van der Waals surface area contributed by atoms with E-state index >= 15 is 0 Å². The van der Waals surface area contributed by atoms with Gasteiger partial charge < -0.3 is 0 Å². The molecule has 5 aromatic rings. The largest absolute Gasteiger partial charge is 0.244 e. The van der Waals surface area contributed by atoms with Gasteiger partial charge in [0.25, 0.3) is 0 Å².